The maximum Gasteiger partial charge on any atom is 0.241 e. The van der Waals surface area contributed by atoms with Crippen molar-refractivity contribution >= 4 is 21.4 Å². The van der Waals surface area contributed by atoms with Gasteiger partial charge in [-0.05, 0) is 36.6 Å². The zero-order valence-electron chi connectivity index (χ0n) is 15.3. The molecule has 2 saturated heterocycles. The number of carbonyl (C=O) groups excluding carboxylic acids is 1. The molecule has 25 heavy (non-hydrogen) atoms. The molecule has 0 aromatic heterocycles. The van der Waals surface area contributed by atoms with Crippen molar-refractivity contribution < 1.29 is 13.2 Å². The van der Waals surface area contributed by atoms with Crippen LogP contribution in [-0.2, 0) is 14.6 Å². The summed E-state index contributed by atoms with van der Waals surface area (Å²) >= 11 is 0. The number of fused-ring (bicyclic) bond motifs is 1. The van der Waals surface area contributed by atoms with Gasteiger partial charge in [0.1, 0.15) is 0 Å². The number of benzene rings is 1. The summed E-state index contributed by atoms with van der Waals surface area (Å²) in [6, 6.07) is 7.63. The highest BCUT2D eigenvalue weighted by molar-refractivity contribution is 7.91. The molecule has 5 nitrogen and oxygen atoms in total. The quantitative estimate of drug-likeness (QED) is 0.805. The maximum absolute atomic E-state index is 12.8. The van der Waals surface area contributed by atoms with Crippen LogP contribution in [0.4, 0.5) is 5.69 Å². The van der Waals surface area contributed by atoms with E-state index < -0.39 is 9.84 Å². The monoisotopic (exact) mass is 364 g/mol. The molecule has 0 aliphatic carbocycles. The SMILES string of the molecule is CCCCN1CC(=O)N(c2ccc(C(C)C)cc2)C2CS(=O)(=O)CC21. The molecule has 138 valence electrons. The Balaban J connectivity index is 1.90. The van der Waals surface area contributed by atoms with E-state index >= 15 is 0 Å². The van der Waals surface area contributed by atoms with Gasteiger partial charge in [-0.15, -0.1) is 0 Å². The highest BCUT2D eigenvalue weighted by Gasteiger charge is 2.49. The van der Waals surface area contributed by atoms with E-state index in [2.05, 4.69) is 25.7 Å². The van der Waals surface area contributed by atoms with Crippen LogP contribution in [0.25, 0.3) is 0 Å². The summed E-state index contributed by atoms with van der Waals surface area (Å²) in [5.74, 6) is 0.662. The van der Waals surface area contributed by atoms with E-state index in [-0.39, 0.29) is 29.5 Å². The van der Waals surface area contributed by atoms with E-state index in [1.807, 2.05) is 24.3 Å². The van der Waals surface area contributed by atoms with Crippen LogP contribution in [0, 0.1) is 0 Å². The molecule has 0 spiro atoms. The molecule has 6 heteroatoms. The van der Waals surface area contributed by atoms with Gasteiger partial charge in [0.15, 0.2) is 9.84 Å². The first-order valence-corrected chi connectivity index (χ1v) is 11.0. The molecule has 1 aromatic rings. The number of piperazine rings is 1. The lowest BCUT2D eigenvalue weighted by atomic mass is 10.00. The molecule has 3 rings (SSSR count). The summed E-state index contributed by atoms with van der Waals surface area (Å²) < 4.78 is 24.6. The first kappa shape index (κ1) is 18.4. The van der Waals surface area contributed by atoms with Crippen molar-refractivity contribution in [1.29, 1.82) is 0 Å². The summed E-state index contributed by atoms with van der Waals surface area (Å²) in [4.78, 5) is 16.7. The second-order valence-electron chi connectivity index (χ2n) is 7.55. The minimum absolute atomic E-state index is 0.00625. The van der Waals surface area contributed by atoms with Gasteiger partial charge >= 0.3 is 0 Å². The van der Waals surface area contributed by atoms with Gasteiger partial charge in [0.05, 0.1) is 24.1 Å². The van der Waals surface area contributed by atoms with E-state index in [0.717, 1.165) is 25.1 Å². The standard InChI is InChI=1S/C19H28N2O3S/c1-4-5-10-20-11-19(22)21(18-13-25(23,24)12-17(18)20)16-8-6-15(7-9-16)14(2)3/h6-9,14,17-18H,4-5,10-13H2,1-3H3. The van der Waals surface area contributed by atoms with Crippen molar-refractivity contribution in [2.24, 2.45) is 0 Å². The second kappa shape index (κ2) is 7.08. The van der Waals surface area contributed by atoms with Crippen LogP contribution in [0.5, 0.6) is 0 Å². The van der Waals surface area contributed by atoms with Gasteiger partial charge in [-0.1, -0.05) is 39.3 Å². The molecule has 2 aliphatic heterocycles. The topological polar surface area (TPSA) is 57.7 Å². The normalized spacial score (nSPS) is 26.2. The molecule has 0 bridgehead atoms. The van der Waals surface area contributed by atoms with Crippen LogP contribution in [0.3, 0.4) is 0 Å². The molecule has 0 saturated carbocycles. The van der Waals surface area contributed by atoms with Crippen LogP contribution in [0.1, 0.15) is 45.1 Å². The average molecular weight is 365 g/mol. The van der Waals surface area contributed by atoms with Crippen LogP contribution in [0.2, 0.25) is 0 Å². The molecule has 2 atom stereocenters. The fourth-order valence-electron chi connectivity index (χ4n) is 3.92. The van der Waals surface area contributed by atoms with Gasteiger partial charge in [-0.2, -0.15) is 0 Å². The number of carbonyl (C=O) groups is 1. The summed E-state index contributed by atoms with van der Waals surface area (Å²) in [5, 5.41) is 0. The van der Waals surface area contributed by atoms with Crippen LogP contribution in [-0.4, -0.2) is 55.9 Å². The number of rotatable bonds is 5. The van der Waals surface area contributed by atoms with Crippen molar-refractivity contribution in [3.8, 4) is 0 Å². The minimum atomic E-state index is -3.11. The Labute approximate surface area is 150 Å². The zero-order chi connectivity index (χ0) is 18.2. The molecule has 2 fully saturated rings. The highest BCUT2D eigenvalue weighted by Crippen LogP contribution is 2.32. The minimum Gasteiger partial charge on any atom is -0.306 e. The molecular formula is C19H28N2O3S. The fourth-order valence-corrected chi connectivity index (χ4v) is 5.90. The average Bonchev–Trinajstić information content (AvgIpc) is 2.87. The van der Waals surface area contributed by atoms with E-state index in [1.165, 1.54) is 5.56 Å². The lowest BCUT2D eigenvalue weighted by molar-refractivity contribution is -0.123. The van der Waals surface area contributed by atoms with Crippen molar-refractivity contribution in [1.82, 2.24) is 4.90 Å². The predicted octanol–water partition coefficient (Wildman–Crippen LogP) is 2.42. The summed E-state index contributed by atoms with van der Waals surface area (Å²) in [7, 11) is -3.11. The Bertz CT molecular complexity index is 728. The van der Waals surface area contributed by atoms with Crippen molar-refractivity contribution in [2.75, 3.05) is 29.5 Å². The van der Waals surface area contributed by atoms with Gasteiger partial charge < -0.3 is 4.90 Å². The largest absolute Gasteiger partial charge is 0.306 e. The van der Waals surface area contributed by atoms with E-state index in [9.17, 15) is 13.2 Å². The summed E-state index contributed by atoms with van der Waals surface area (Å²) in [6.45, 7) is 7.47. The lowest BCUT2D eigenvalue weighted by Gasteiger charge is -2.43. The lowest BCUT2D eigenvalue weighted by Crippen LogP contribution is -2.62. The molecule has 1 aromatic carbocycles. The molecule has 2 unspecified atom stereocenters. The van der Waals surface area contributed by atoms with E-state index in [1.54, 1.807) is 4.90 Å². The third kappa shape index (κ3) is 3.75. The molecule has 0 N–H and O–H groups in total. The van der Waals surface area contributed by atoms with Crippen LogP contribution >= 0.6 is 0 Å². The Hall–Kier alpha value is -1.40. The fraction of sp³-hybridized carbons (Fsp3) is 0.632. The third-order valence-corrected chi connectivity index (χ3v) is 7.04. The maximum atomic E-state index is 12.8. The Morgan fingerprint density at radius 1 is 1.12 bits per heavy atom. The van der Waals surface area contributed by atoms with Crippen molar-refractivity contribution in [3.63, 3.8) is 0 Å². The first-order chi connectivity index (χ1) is 11.8. The van der Waals surface area contributed by atoms with Gasteiger partial charge in [-0.25, -0.2) is 8.42 Å². The van der Waals surface area contributed by atoms with E-state index in [4.69, 9.17) is 0 Å². The number of sulfone groups is 1. The predicted molar refractivity (Wildman–Crippen MR) is 101 cm³/mol. The smallest absolute Gasteiger partial charge is 0.241 e. The summed E-state index contributed by atoms with van der Waals surface area (Å²) in [6.07, 6.45) is 2.02. The van der Waals surface area contributed by atoms with Gasteiger partial charge in [0.2, 0.25) is 5.91 Å². The molecule has 2 aliphatic rings. The number of amides is 1. The summed E-state index contributed by atoms with van der Waals surface area (Å²) in [5.41, 5.74) is 2.03. The van der Waals surface area contributed by atoms with Crippen molar-refractivity contribution in [3.05, 3.63) is 29.8 Å². The zero-order valence-corrected chi connectivity index (χ0v) is 16.1. The van der Waals surface area contributed by atoms with Crippen LogP contribution < -0.4 is 4.90 Å². The van der Waals surface area contributed by atoms with Gasteiger partial charge in [0.25, 0.3) is 0 Å². The molecule has 0 radical (unpaired) electrons. The Morgan fingerprint density at radius 3 is 2.36 bits per heavy atom. The second-order valence-corrected chi connectivity index (χ2v) is 9.70. The van der Waals surface area contributed by atoms with E-state index in [0.29, 0.717) is 12.5 Å². The highest BCUT2D eigenvalue weighted by atomic mass is 32.2. The van der Waals surface area contributed by atoms with Crippen LogP contribution in [0.15, 0.2) is 24.3 Å². The van der Waals surface area contributed by atoms with Gasteiger partial charge in [-0.3, -0.25) is 9.69 Å². The molecular weight excluding hydrogens is 336 g/mol. The van der Waals surface area contributed by atoms with Crippen molar-refractivity contribution in [2.45, 2.75) is 51.6 Å². The number of nitrogens with zero attached hydrogens (tertiary/aromatic N) is 2. The molecule has 2 heterocycles. The van der Waals surface area contributed by atoms with Gasteiger partial charge in [0, 0.05) is 11.7 Å². The number of unbranched alkanes of at least 4 members (excludes halogenated alkanes) is 1. The third-order valence-electron chi connectivity index (χ3n) is 5.34. The number of anilines is 1. The molecule has 1 amide bonds. The Morgan fingerprint density at radius 2 is 1.76 bits per heavy atom. The number of hydrogen-bond donors (Lipinski definition) is 0. The Kier molecular flexibility index (Phi) is 5.21. The first-order valence-electron chi connectivity index (χ1n) is 9.19. The number of hydrogen-bond acceptors (Lipinski definition) is 4.